The van der Waals surface area contributed by atoms with Gasteiger partial charge in [-0.2, -0.15) is 16.1 Å². The lowest BCUT2D eigenvalue weighted by molar-refractivity contribution is 0.790. The number of nitrogen functional groups attached to an aromatic ring is 1. The van der Waals surface area contributed by atoms with E-state index in [4.69, 9.17) is 5.73 Å². The van der Waals surface area contributed by atoms with Crippen LogP contribution in [0.25, 0.3) is 11.1 Å². The first-order valence-electron chi connectivity index (χ1n) is 6.43. The Kier molecular flexibility index (Phi) is 3.66. The van der Waals surface area contributed by atoms with E-state index in [1.54, 1.807) is 0 Å². The van der Waals surface area contributed by atoms with Gasteiger partial charge in [-0.15, -0.1) is 0 Å². The number of nitrogens with two attached hydrogens (primary N) is 1. The van der Waals surface area contributed by atoms with Crippen LogP contribution in [-0.4, -0.2) is 28.5 Å². The summed E-state index contributed by atoms with van der Waals surface area (Å²) in [7, 11) is 0. The molecule has 0 aliphatic carbocycles. The molecule has 3 nitrogen and oxygen atoms in total. The average Bonchev–Trinajstić information content (AvgIpc) is 2.82. The molecule has 1 atom stereocenters. The van der Waals surface area contributed by atoms with E-state index >= 15 is 0 Å². The minimum absolute atomic E-state index is 0.650. The molecule has 19 heavy (non-hydrogen) atoms. The molecule has 2 aromatic rings. The number of thioether (sulfide) groups is 1. The van der Waals surface area contributed by atoms with Gasteiger partial charge < -0.3 is 10.6 Å². The molecule has 0 spiro atoms. The van der Waals surface area contributed by atoms with E-state index < -0.39 is 0 Å². The highest BCUT2D eigenvalue weighted by atomic mass is 32.2. The molecule has 1 fully saturated rings. The molecule has 100 valence electrons. The molecule has 0 radical (unpaired) electrons. The second kappa shape index (κ2) is 5.43. The highest BCUT2D eigenvalue weighted by Gasteiger charge is 2.23. The Bertz CT molecular complexity index is 553. The van der Waals surface area contributed by atoms with E-state index in [2.05, 4.69) is 28.3 Å². The number of aromatic nitrogens is 1. The van der Waals surface area contributed by atoms with Gasteiger partial charge in [-0.1, -0.05) is 37.3 Å². The minimum Gasteiger partial charge on any atom is -0.382 e. The zero-order valence-corrected chi connectivity index (χ0v) is 12.5. The fourth-order valence-corrected chi connectivity index (χ4v) is 4.27. The third-order valence-corrected chi connectivity index (χ3v) is 5.35. The maximum absolute atomic E-state index is 6.08. The van der Waals surface area contributed by atoms with Gasteiger partial charge in [0.1, 0.15) is 10.8 Å². The smallest absolute Gasteiger partial charge is 0.147 e. The van der Waals surface area contributed by atoms with Gasteiger partial charge in [-0.3, -0.25) is 0 Å². The van der Waals surface area contributed by atoms with Crippen LogP contribution in [0.4, 0.5) is 10.8 Å². The summed E-state index contributed by atoms with van der Waals surface area (Å²) in [5.74, 6) is 1.82. The predicted octanol–water partition coefficient (Wildman–Crippen LogP) is 3.33. The van der Waals surface area contributed by atoms with Crippen molar-refractivity contribution in [3.63, 3.8) is 0 Å². The Hall–Kier alpha value is -1.20. The van der Waals surface area contributed by atoms with Gasteiger partial charge in [-0.25, -0.2) is 0 Å². The van der Waals surface area contributed by atoms with Crippen molar-refractivity contribution in [2.45, 2.75) is 12.2 Å². The molecule has 0 bridgehead atoms. The van der Waals surface area contributed by atoms with Crippen LogP contribution >= 0.6 is 23.3 Å². The molecule has 3 rings (SSSR count). The number of anilines is 2. The lowest BCUT2D eigenvalue weighted by Gasteiger charge is -2.31. The van der Waals surface area contributed by atoms with Crippen LogP contribution in [0.3, 0.4) is 0 Å². The molecule has 1 saturated heterocycles. The Labute approximate surface area is 122 Å². The molecular formula is C14H17N3S2. The van der Waals surface area contributed by atoms with Crippen LogP contribution < -0.4 is 10.6 Å². The molecule has 2 N–H and O–H groups in total. The summed E-state index contributed by atoms with van der Waals surface area (Å²) in [5.41, 5.74) is 8.35. The van der Waals surface area contributed by atoms with Crippen LogP contribution in [0.2, 0.25) is 0 Å². The number of hydrogen-bond donors (Lipinski definition) is 1. The second-order valence-electron chi connectivity index (χ2n) is 4.74. The number of rotatable bonds is 2. The van der Waals surface area contributed by atoms with Gasteiger partial charge >= 0.3 is 0 Å². The van der Waals surface area contributed by atoms with Crippen LogP contribution in [0.15, 0.2) is 30.3 Å². The zero-order chi connectivity index (χ0) is 13.2. The summed E-state index contributed by atoms with van der Waals surface area (Å²) in [6.07, 6.45) is 0. The van der Waals surface area contributed by atoms with Gasteiger partial charge in [-0.05, 0) is 17.1 Å². The molecule has 1 aromatic carbocycles. The average molecular weight is 291 g/mol. The van der Waals surface area contributed by atoms with Crippen LogP contribution in [0.5, 0.6) is 0 Å². The van der Waals surface area contributed by atoms with Crippen molar-refractivity contribution in [2.24, 2.45) is 0 Å². The van der Waals surface area contributed by atoms with Crippen molar-refractivity contribution in [1.82, 2.24) is 4.37 Å². The number of hydrogen-bond acceptors (Lipinski definition) is 5. The third-order valence-electron chi connectivity index (χ3n) is 3.29. The Morgan fingerprint density at radius 1 is 1.32 bits per heavy atom. The summed E-state index contributed by atoms with van der Waals surface area (Å²) in [5, 5.41) is 1.89. The molecule has 1 aliphatic heterocycles. The molecule has 0 saturated carbocycles. The van der Waals surface area contributed by atoms with Crippen LogP contribution in [-0.2, 0) is 0 Å². The van der Waals surface area contributed by atoms with Gasteiger partial charge in [0, 0.05) is 24.1 Å². The molecular weight excluding hydrogens is 274 g/mol. The SMILES string of the molecule is CC1CN(c2snc(N)c2-c2ccccc2)CCS1. The third kappa shape index (κ3) is 2.58. The Morgan fingerprint density at radius 3 is 2.84 bits per heavy atom. The minimum atomic E-state index is 0.650. The standard InChI is InChI=1S/C14H17N3S2/c1-10-9-17(7-8-18-10)14-12(13(15)16-19-14)11-5-3-2-4-6-11/h2-6,10H,7-9H2,1H3,(H2,15,16). The normalized spacial score (nSPS) is 19.6. The summed E-state index contributed by atoms with van der Waals surface area (Å²) in [6.45, 7) is 4.44. The van der Waals surface area contributed by atoms with E-state index in [9.17, 15) is 0 Å². The van der Waals surface area contributed by atoms with E-state index in [1.165, 1.54) is 22.3 Å². The first kappa shape index (κ1) is 12.8. The molecule has 0 amide bonds. The first-order chi connectivity index (χ1) is 9.25. The largest absolute Gasteiger partial charge is 0.382 e. The monoisotopic (exact) mass is 291 g/mol. The highest BCUT2D eigenvalue weighted by molar-refractivity contribution is 8.00. The molecule has 1 aliphatic rings. The fraction of sp³-hybridized carbons (Fsp3) is 0.357. The van der Waals surface area contributed by atoms with E-state index in [0.29, 0.717) is 11.1 Å². The van der Waals surface area contributed by atoms with Crippen molar-refractivity contribution in [1.29, 1.82) is 0 Å². The Morgan fingerprint density at radius 2 is 2.11 bits per heavy atom. The van der Waals surface area contributed by atoms with Gasteiger partial charge in [0.05, 0.1) is 5.56 Å². The molecule has 2 heterocycles. The highest BCUT2D eigenvalue weighted by Crippen LogP contribution is 2.40. The summed E-state index contributed by atoms with van der Waals surface area (Å²) >= 11 is 3.56. The van der Waals surface area contributed by atoms with E-state index in [0.717, 1.165) is 24.2 Å². The summed E-state index contributed by atoms with van der Waals surface area (Å²) < 4.78 is 4.36. The first-order valence-corrected chi connectivity index (χ1v) is 8.25. The number of nitrogens with zero attached hydrogens (tertiary/aromatic N) is 2. The van der Waals surface area contributed by atoms with Crippen molar-refractivity contribution in [3.05, 3.63) is 30.3 Å². The maximum Gasteiger partial charge on any atom is 0.147 e. The molecule has 1 aromatic heterocycles. The predicted molar refractivity (Wildman–Crippen MR) is 86.1 cm³/mol. The second-order valence-corrected chi connectivity index (χ2v) is 7.04. The van der Waals surface area contributed by atoms with Crippen LogP contribution in [0.1, 0.15) is 6.92 Å². The summed E-state index contributed by atoms with van der Waals surface area (Å²) in [4.78, 5) is 2.43. The van der Waals surface area contributed by atoms with Gasteiger partial charge in [0.25, 0.3) is 0 Å². The van der Waals surface area contributed by atoms with E-state index in [-0.39, 0.29) is 0 Å². The quantitative estimate of drug-likeness (QED) is 0.921. The lowest BCUT2D eigenvalue weighted by atomic mass is 10.1. The van der Waals surface area contributed by atoms with Gasteiger partial charge in [0.2, 0.25) is 0 Å². The Balaban J connectivity index is 1.99. The van der Waals surface area contributed by atoms with Crippen molar-refractivity contribution >= 4 is 34.1 Å². The fourth-order valence-electron chi connectivity index (χ4n) is 2.39. The maximum atomic E-state index is 6.08. The van der Waals surface area contributed by atoms with Gasteiger partial charge in [0.15, 0.2) is 0 Å². The van der Waals surface area contributed by atoms with Crippen molar-refractivity contribution in [3.8, 4) is 11.1 Å². The summed E-state index contributed by atoms with van der Waals surface area (Å²) in [6, 6.07) is 10.3. The molecule has 5 heteroatoms. The topological polar surface area (TPSA) is 42.2 Å². The van der Waals surface area contributed by atoms with Crippen molar-refractivity contribution < 1.29 is 0 Å². The van der Waals surface area contributed by atoms with Crippen molar-refractivity contribution in [2.75, 3.05) is 29.5 Å². The molecule has 1 unspecified atom stereocenters. The van der Waals surface area contributed by atoms with Crippen LogP contribution in [0, 0.1) is 0 Å². The lowest BCUT2D eigenvalue weighted by Crippen LogP contribution is -2.36. The number of benzene rings is 1. The van der Waals surface area contributed by atoms with E-state index in [1.807, 2.05) is 30.0 Å². The zero-order valence-electron chi connectivity index (χ0n) is 10.9.